The zero-order chi connectivity index (χ0) is 14.0. The number of primary amides is 1. The monoisotopic (exact) mass is 323 g/mol. The summed E-state index contributed by atoms with van der Waals surface area (Å²) in [5.41, 5.74) is 12.5. The van der Waals surface area contributed by atoms with Gasteiger partial charge >= 0.3 is 0 Å². The van der Waals surface area contributed by atoms with Crippen LogP contribution in [0, 0.1) is 5.82 Å². The second-order valence-electron chi connectivity index (χ2n) is 3.89. The van der Waals surface area contributed by atoms with Gasteiger partial charge in [-0.25, -0.2) is 4.39 Å². The average Bonchev–Trinajstić information content (AvgIpc) is 2.36. The molecule has 2 rings (SSSR count). The summed E-state index contributed by atoms with van der Waals surface area (Å²) in [4.78, 5) is 11.3. The summed E-state index contributed by atoms with van der Waals surface area (Å²) < 4.78 is 13.8. The fourth-order valence-electron chi connectivity index (χ4n) is 1.63. The molecule has 0 bridgehead atoms. The maximum Gasteiger partial charge on any atom is 0.250 e. The number of benzene rings is 2. The first-order valence-electron chi connectivity index (χ1n) is 5.39. The number of amides is 1. The number of anilines is 3. The zero-order valence-electron chi connectivity index (χ0n) is 9.78. The second kappa shape index (κ2) is 5.27. The molecule has 0 fully saturated rings. The molecule has 19 heavy (non-hydrogen) atoms. The summed E-state index contributed by atoms with van der Waals surface area (Å²) >= 11 is 3.07. The molecule has 0 atom stereocenters. The van der Waals surface area contributed by atoms with Crippen LogP contribution < -0.4 is 16.8 Å². The molecule has 6 heteroatoms. The van der Waals surface area contributed by atoms with Gasteiger partial charge < -0.3 is 16.8 Å². The van der Waals surface area contributed by atoms with Crippen molar-refractivity contribution in [2.45, 2.75) is 0 Å². The molecule has 0 saturated carbocycles. The predicted octanol–water partition coefficient (Wildman–Crippen LogP) is 3.01. The van der Waals surface area contributed by atoms with Gasteiger partial charge in [0, 0.05) is 5.69 Å². The van der Waals surface area contributed by atoms with Crippen molar-refractivity contribution in [3.63, 3.8) is 0 Å². The zero-order valence-corrected chi connectivity index (χ0v) is 11.4. The molecule has 0 aliphatic rings. The topological polar surface area (TPSA) is 81.1 Å². The molecular formula is C13H11BrFN3O. The van der Waals surface area contributed by atoms with Crippen LogP contribution in [-0.2, 0) is 0 Å². The van der Waals surface area contributed by atoms with Crippen LogP contribution >= 0.6 is 15.9 Å². The lowest BCUT2D eigenvalue weighted by Crippen LogP contribution is -2.14. The minimum atomic E-state index is -0.604. The van der Waals surface area contributed by atoms with E-state index < -0.39 is 11.7 Å². The summed E-state index contributed by atoms with van der Waals surface area (Å²) in [6.07, 6.45) is 0. The maximum atomic E-state index is 13.4. The van der Waals surface area contributed by atoms with E-state index >= 15 is 0 Å². The van der Waals surface area contributed by atoms with Gasteiger partial charge in [0.1, 0.15) is 5.82 Å². The Morgan fingerprint density at radius 1 is 1.26 bits per heavy atom. The normalized spacial score (nSPS) is 10.2. The van der Waals surface area contributed by atoms with E-state index in [1.165, 1.54) is 6.07 Å². The Morgan fingerprint density at radius 2 is 2.00 bits per heavy atom. The number of carbonyl (C=O) groups excluding carboxylic acids is 1. The molecule has 1 amide bonds. The Balaban J connectivity index is 2.42. The molecule has 0 saturated heterocycles. The Bertz CT molecular complexity index is 646. The highest BCUT2D eigenvalue weighted by Gasteiger charge is 2.11. The van der Waals surface area contributed by atoms with E-state index in [0.29, 0.717) is 21.5 Å². The third-order valence-corrected chi connectivity index (χ3v) is 3.19. The molecule has 98 valence electrons. The number of hydrogen-bond donors (Lipinski definition) is 3. The average molecular weight is 324 g/mol. The summed E-state index contributed by atoms with van der Waals surface area (Å²) in [7, 11) is 0. The van der Waals surface area contributed by atoms with Crippen LogP contribution in [-0.4, -0.2) is 5.91 Å². The van der Waals surface area contributed by atoms with E-state index in [1.54, 1.807) is 30.3 Å². The first-order chi connectivity index (χ1) is 8.99. The number of rotatable bonds is 3. The molecule has 0 heterocycles. The molecule has 4 nitrogen and oxygen atoms in total. The number of nitrogen functional groups attached to an aromatic ring is 1. The lowest BCUT2D eigenvalue weighted by atomic mass is 10.1. The van der Waals surface area contributed by atoms with Gasteiger partial charge in [-0.05, 0) is 46.3 Å². The van der Waals surface area contributed by atoms with Crippen LogP contribution in [0.4, 0.5) is 21.5 Å². The first kappa shape index (κ1) is 13.4. The molecule has 0 spiro atoms. The van der Waals surface area contributed by atoms with Crippen LogP contribution in [0.3, 0.4) is 0 Å². The SMILES string of the molecule is NC(=O)c1cccc(N)c1Nc1ccc(Br)c(F)c1. The fraction of sp³-hybridized carbons (Fsp3) is 0. The minimum Gasteiger partial charge on any atom is -0.397 e. The van der Waals surface area contributed by atoms with E-state index in [4.69, 9.17) is 11.5 Å². The van der Waals surface area contributed by atoms with Gasteiger partial charge in [-0.1, -0.05) is 6.07 Å². The first-order valence-corrected chi connectivity index (χ1v) is 6.18. The highest BCUT2D eigenvalue weighted by atomic mass is 79.9. The van der Waals surface area contributed by atoms with Gasteiger partial charge in [-0.3, -0.25) is 4.79 Å². The van der Waals surface area contributed by atoms with Crippen molar-refractivity contribution in [3.05, 3.63) is 52.3 Å². The molecule has 0 radical (unpaired) electrons. The van der Waals surface area contributed by atoms with Crippen molar-refractivity contribution in [2.24, 2.45) is 5.73 Å². The van der Waals surface area contributed by atoms with E-state index in [0.717, 1.165) is 0 Å². The van der Waals surface area contributed by atoms with Crippen molar-refractivity contribution >= 4 is 38.9 Å². The van der Waals surface area contributed by atoms with Gasteiger partial charge in [-0.15, -0.1) is 0 Å². The highest BCUT2D eigenvalue weighted by molar-refractivity contribution is 9.10. The molecule has 2 aromatic rings. The third kappa shape index (κ3) is 2.85. The van der Waals surface area contributed by atoms with Gasteiger partial charge in [0.15, 0.2) is 0 Å². The van der Waals surface area contributed by atoms with Gasteiger partial charge in [0.05, 0.1) is 21.4 Å². The van der Waals surface area contributed by atoms with Crippen molar-refractivity contribution < 1.29 is 9.18 Å². The number of nitrogens with one attached hydrogen (secondary N) is 1. The Hall–Kier alpha value is -2.08. The van der Waals surface area contributed by atoms with Crippen LogP contribution in [0.25, 0.3) is 0 Å². The Morgan fingerprint density at radius 3 is 2.63 bits per heavy atom. The predicted molar refractivity (Wildman–Crippen MR) is 76.8 cm³/mol. The van der Waals surface area contributed by atoms with E-state index in [-0.39, 0.29) is 5.56 Å². The third-order valence-electron chi connectivity index (χ3n) is 2.55. The molecule has 0 aliphatic heterocycles. The lowest BCUT2D eigenvalue weighted by molar-refractivity contribution is 0.100. The standard InChI is InChI=1S/C13H11BrFN3O/c14-9-5-4-7(6-10(9)15)18-12-8(13(17)19)2-1-3-11(12)16/h1-6,18H,16H2,(H2,17,19). The summed E-state index contributed by atoms with van der Waals surface area (Å²) in [6.45, 7) is 0. The quantitative estimate of drug-likeness (QED) is 0.759. The van der Waals surface area contributed by atoms with Gasteiger partial charge in [0.25, 0.3) is 5.91 Å². The number of nitrogens with two attached hydrogens (primary N) is 2. The smallest absolute Gasteiger partial charge is 0.250 e. The molecular weight excluding hydrogens is 313 g/mol. The van der Waals surface area contributed by atoms with Crippen LogP contribution in [0.5, 0.6) is 0 Å². The number of halogens is 2. The van der Waals surface area contributed by atoms with E-state index in [1.807, 2.05) is 0 Å². The van der Waals surface area contributed by atoms with Crippen molar-refractivity contribution in [1.29, 1.82) is 0 Å². The molecule has 5 N–H and O–H groups in total. The second-order valence-corrected chi connectivity index (χ2v) is 4.74. The van der Waals surface area contributed by atoms with Crippen LogP contribution in [0.2, 0.25) is 0 Å². The fourth-order valence-corrected chi connectivity index (χ4v) is 1.88. The van der Waals surface area contributed by atoms with Gasteiger partial charge in [0.2, 0.25) is 0 Å². The Kier molecular flexibility index (Phi) is 3.71. The van der Waals surface area contributed by atoms with Crippen molar-refractivity contribution in [1.82, 2.24) is 0 Å². The highest BCUT2D eigenvalue weighted by Crippen LogP contribution is 2.28. The molecule has 0 aromatic heterocycles. The van der Waals surface area contributed by atoms with Crippen molar-refractivity contribution in [3.8, 4) is 0 Å². The van der Waals surface area contributed by atoms with Crippen LogP contribution in [0.1, 0.15) is 10.4 Å². The summed E-state index contributed by atoms with van der Waals surface area (Å²) in [6, 6.07) is 9.31. The number of carbonyl (C=O) groups is 1. The molecule has 2 aromatic carbocycles. The minimum absolute atomic E-state index is 0.253. The van der Waals surface area contributed by atoms with E-state index in [9.17, 15) is 9.18 Å². The molecule has 0 aliphatic carbocycles. The number of hydrogen-bond acceptors (Lipinski definition) is 3. The van der Waals surface area contributed by atoms with Crippen molar-refractivity contribution in [2.75, 3.05) is 11.1 Å². The number of para-hydroxylation sites is 1. The lowest BCUT2D eigenvalue weighted by Gasteiger charge is -2.13. The summed E-state index contributed by atoms with van der Waals surface area (Å²) in [5, 5.41) is 2.90. The Labute approximate surface area is 117 Å². The maximum absolute atomic E-state index is 13.4. The summed E-state index contributed by atoms with van der Waals surface area (Å²) in [5.74, 6) is -1.02. The van der Waals surface area contributed by atoms with Gasteiger partial charge in [-0.2, -0.15) is 0 Å². The molecule has 0 unspecified atom stereocenters. The largest absolute Gasteiger partial charge is 0.397 e. The van der Waals surface area contributed by atoms with E-state index in [2.05, 4.69) is 21.2 Å². The van der Waals surface area contributed by atoms with Crippen LogP contribution in [0.15, 0.2) is 40.9 Å².